The van der Waals surface area contributed by atoms with Gasteiger partial charge in [0.15, 0.2) is 5.78 Å². The highest BCUT2D eigenvalue weighted by molar-refractivity contribution is 5.94. The summed E-state index contributed by atoms with van der Waals surface area (Å²) >= 11 is 0. The molecule has 11 heavy (non-hydrogen) atoms. The van der Waals surface area contributed by atoms with E-state index in [2.05, 4.69) is 25.7 Å². The van der Waals surface area contributed by atoms with E-state index in [4.69, 9.17) is 0 Å². The average Bonchev–Trinajstić information content (AvgIpc) is 1.96. The summed E-state index contributed by atoms with van der Waals surface area (Å²) in [6.45, 7) is 8.36. The van der Waals surface area contributed by atoms with Gasteiger partial charge in [0.25, 0.3) is 0 Å². The first kappa shape index (κ1) is 8.72. The van der Waals surface area contributed by atoms with Gasteiger partial charge in [-0.2, -0.15) is 0 Å². The number of Topliss-reactive ketones (excluding diaryl/α,β-unsaturated/α-hetero) is 1. The first-order valence-corrected chi connectivity index (χ1v) is 4.40. The van der Waals surface area contributed by atoms with Gasteiger partial charge in [0.05, 0.1) is 12.1 Å². The average molecular weight is 155 g/mol. The van der Waals surface area contributed by atoms with E-state index >= 15 is 0 Å². The Labute approximate surface area is 68.6 Å². The van der Waals surface area contributed by atoms with Gasteiger partial charge in [-0.15, -0.1) is 0 Å². The Bertz CT molecular complexity index is 165. The number of hydrogen-bond acceptors (Lipinski definition) is 2. The summed E-state index contributed by atoms with van der Waals surface area (Å²) in [5, 5.41) is 0. The fourth-order valence-electron chi connectivity index (χ4n) is 1.98. The van der Waals surface area contributed by atoms with Crippen LogP contribution in [0.3, 0.4) is 0 Å². The van der Waals surface area contributed by atoms with Gasteiger partial charge in [-0.1, -0.05) is 6.92 Å². The number of carbonyl (C=O) groups is 1. The van der Waals surface area contributed by atoms with Crippen LogP contribution in [0.4, 0.5) is 0 Å². The highest BCUT2D eigenvalue weighted by Gasteiger charge is 2.44. The van der Waals surface area contributed by atoms with Gasteiger partial charge in [-0.25, -0.2) is 0 Å². The van der Waals surface area contributed by atoms with Gasteiger partial charge in [0.2, 0.25) is 0 Å². The zero-order chi connectivity index (χ0) is 8.59. The molecule has 0 aromatic rings. The molecule has 1 fully saturated rings. The van der Waals surface area contributed by atoms with Crippen LogP contribution < -0.4 is 0 Å². The molecule has 0 saturated carbocycles. The third kappa shape index (κ3) is 1.20. The molecular weight excluding hydrogens is 138 g/mol. The van der Waals surface area contributed by atoms with Gasteiger partial charge >= 0.3 is 0 Å². The van der Waals surface area contributed by atoms with Gasteiger partial charge in [0.1, 0.15) is 0 Å². The standard InChI is InChI=1S/C9H17NO/c1-5-8-9(11)7(4)10(8)6(2)3/h6-8H,5H2,1-4H3/t7-,8+/m0/s1. The van der Waals surface area contributed by atoms with Crippen molar-refractivity contribution < 1.29 is 4.79 Å². The van der Waals surface area contributed by atoms with E-state index in [-0.39, 0.29) is 12.1 Å². The molecule has 64 valence electrons. The topological polar surface area (TPSA) is 20.3 Å². The monoisotopic (exact) mass is 155 g/mol. The van der Waals surface area contributed by atoms with Crippen LogP contribution >= 0.6 is 0 Å². The first-order valence-electron chi connectivity index (χ1n) is 4.40. The number of carbonyl (C=O) groups excluding carboxylic acids is 1. The molecule has 0 unspecified atom stereocenters. The fraction of sp³-hybridized carbons (Fsp3) is 0.889. The van der Waals surface area contributed by atoms with Crippen LogP contribution in [0.1, 0.15) is 34.1 Å². The first-order chi connectivity index (χ1) is 5.09. The minimum Gasteiger partial charge on any atom is -0.296 e. The molecule has 0 aromatic carbocycles. The Morgan fingerprint density at radius 2 is 2.09 bits per heavy atom. The maximum absolute atomic E-state index is 11.3. The Morgan fingerprint density at radius 1 is 1.55 bits per heavy atom. The molecule has 2 atom stereocenters. The second-order valence-electron chi connectivity index (χ2n) is 3.54. The molecule has 0 radical (unpaired) electrons. The third-order valence-corrected chi connectivity index (χ3v) is 2.53. The predicted octanol–water partition coefficient (Wildman–Crippen LogP) is 1.45. The summed E-state index contributed by atoms with van der Waals surface area (Å²) in [4.78, 5) is 13.5. The maximum atomic E-state index is 11.3. The van der Waals surface area contributed by atoms with Crippen molar-refractivity contribution in [3.05, 3.63) is 0 Å². The molecular formula is C9H17NO. The van der Waals surface area contributed by atoms with Crippen LogP contribution in [-0.2, 0) is 4.79 Å². The van der Waals surface area contributed by atoms with Crippen molar-refractivity contribution in [3.63, 3.8) is 0 Å². The lowest BCUT2D eigenvalue weighted by molar-refractivity contribution is -0.146. The van der Waals surface area contributed by atoms with E-state index in [9.17, 15) is 4.79 Å². The summed E-state index contributed by atoms with van der Waals surface area (Å²) in [5.41, 5.74) is 0. The second kappa shape index (κ2) is 2.94. The quantitative estimate of drug-likeness (QED) is 0.601. The van der Waals surface area contributed by atoms with Crippen LogP contribution in [0, 0.1) is 0 Å². The number of nitrogens with zero attached hydrogens (tertiary/aromatic N) is 1. The lowest BCUT2D eigenvalue weighted by Crippen LogP contribution is -2.65. The summed E-state index contributed by atoms with van der Waals surface area (Å²) in [5.74, 6) is 0.418. The summed E-state index contributed by atoms with van der Waals surface area (Å²) < 4.78 is 0. The zero-order valence-corrected chi connectivity index (χ0v) is 7.79. The van der Waals surface area contributed by atoms with Gasteiger partial charge in [-0.3, -0.25) is 9.69 Å². The van der Waals surface area contributed by atoms with E-state index in [0.717, 1.165) is 6.42 Å². The van der Waals surface area contributed by atoms with Crippen LogP contribution in [0.25, 0.3) is 0 Å². The summed E-state index contributed by atoms with van der Waals surface area (Å²) in [6, 6.07) is 0.887. The molecule has 0 aromatic heterocycles. The van der Waals surface area contributed by atoms with E-state index in [1.165, 1.54) is 0 Å². The Morgan fingerprint density at radius 3 is 2.36 bits per heavy atom. The largest absolute Gasteiger partial charge is 0.296 e. The summed E-state index contributed by atoms with van der Waals surface area (Å²) in [6.07, 6.45) is 0.960. The van der Waals surface area contributed by atoms with Crippen LogP contribution in [0.2, 0.25) is 0 Å². The minimum absolute atomic E-state index is 0.167. The van der Waals surface area contributed by atoms with Crippen molar-refractivity contribution in [1.82, 2.24) is 4.90 Å². The van der Waals surface area contributed by atoms with E-state index in [1.807, 2.05) is 6.92 Å². The molecule has 1 saturated heterocycles. The van der Waals surface area contributed by atoms with E-state index in [1.54, 1.807) is 0 Å². The van der Waals surface area contributed by atoms with Crippen molar-refractivity contribution in [1.29, 1.82) is 0 Å². The van der Waals surface area contributed by atoms with Crippen LogP contribution in [0.5, 0.6) is 0 Å². The highest BCUT2D eigenvalue weighted by Crippen LogP contribution is 2.26. The molecule has 1 aliphatic rings. The van der Waals surface area contributed by atoms with Crippen molar-refractivity contribution >= 4 is 5.78 Å². The second-order valence-corrected chi connectivity index (χ2v) is 3.54. The lowest BCUT2D eigenvalue weighted by Gasteiger charge is -2.47. The molecule has 1 heterocycles. The lowest BCUT2D eigenvalue weighted by atomic mass is 9.89. The van der Waals surface area contributed by atoms with Gasteiger partial charge < -0.3 is 0 Å². The molecule has 1 rings (SSSR count). The van der Waals surface area contributed by atoms with Crippen molar-refractivity contribution in [2.45, 2.75) is 52.2 Å². The highest BCUT2D eigenvalue weighted by atomic mass is 16.1. The van der Waals surface area contributed by atoms with Gasteiger partial charge in [-0.05, 0) is 27.2 Å². The number of likely N-dealkylation sites (tertiary alicyclic amines) is 1. The Balaban J connectivity index is 2.60. The zero-order valence-electron chi connectivity index (χ0n) is 7.79. The molecule has 0 aliphatic carbocycles. The fourth-order valence-corrected chi connectivity index (χ4v) is 1.98. The SMILES string of the molecule is CC[C@@H]1C(=O)[C@H](C)N1C(C)C. The number of ketones is 1. The third-order valence-electron chi connectivity index (χ3n) is 2.53. The van der Waals surface area contributed by atoms with Crippen LogP contribution in [-0.4, -0.2) is 28.8 Å². The Kier molecular flexibility index (Phi) is 2.33. The molecule has 0 amide bonds. The molecule has 0 spiro atoms. The van der Waals surface area contributed by atoms with E-state index < -0.39 is 0 Å². The minimum atomic E-state index is 0.167. The number of hydrogen-bond donors (Lipinski definition) is 0. The molecule has 0 N–H and O–H groups in total. The molecule has 1 aliphatic heterocycles. The van der Waals surface area contributed by atoms with Crippen LogP contribution in [0.15, 0.2) is 0 Å². The van der Waals surface area contributed by atoms with Crippen molar-refractivity contribution in [2.24, 2.45) is 0 Å². The van der Waals surface area contributed by atoms with Gasteiger partial charge in [0, 0.05) is 6.04 Å². The smallest absolute Gasteiger partial charge is 0.166 e. The predicted molar refractivity (Wildman–Crippen MR) is 45.5 cm³/mol. The van der Waals surface area contributed by atoms with Crippen molar-refractivity contribution in [2.75, 3.05) is 0 Å². The Hall–Kier alpha value is -0.370. The maximum Gasteiger partial charge on any atom is 0.166 e. The summed E-state index contributed by atoms with van der Waals surface area (Å²) in [7, 11) is 0. The molecule has 2 heteroatoms. The molecule has 2 nitrogen and oxygen atoms in total. The normalized spacial score (nSPS) is 32.6. The van der Waals surface area contributed by atoms with Crippen molar-refractivity contribution in [3.8, 4) is 0 Å². The number of rotatable bonds is 2. The molecule has 0 bridgehead atoms. The van der Waals surface area contributed by atoms with E-state index in [0.29, 0.717) is 11.8 Å².